The molecule has 0 unspecified atom stereocenters. The van der Waals surface area contributed by atoms with Gasteiger partial charge in [-0.1, -0.05) is 103 Å². The van der Waals surface area contributed by atoms with E-state index in [1.54, 1.807) is 0 Å². The summed E-state index contributed by atoms with van der Waals surface area (Å²) in [7, 11) is 0. The summed E-state index contributed by atoms with van der Waals surface area (Å²) < 4.78 is 27.5. The van der Waals surface area contributed by atoms with Gasteiger partial charge in [-0.2, -0.15) is 0 Å². The molecule has 0 radical (unpaired) electrons. The Kier molecular flexibility index (Phi) is 25.5. The van der Waals surface area contributed by atoms with Gasteiger partial charge in [-0.25, -0.2) is 0 Å². The van der Waals surface area contributed by atoms with Crippen LogP contribution in [0.4, 0.5) is 0 Å². The highest BCUT2D eigenvalue weighted by Crippen LogP contribution is 2.15. The second-order valence-electron chi connectivity index (χ2n) is 9.70. The molecule has 1 N–H and O–H groups in total. The lowest BCUT2D eigenvalue weighted by Crippen LogP contribution is -2.12. The molecule has 0 saturated carbocycles. The Bertz CT molecular complexity index is 565. The van der Waals surface area contributed by atoms with Crippen molar-refractivity contribution in [1.82, 2.24) is 0 Å². The number of rotatable bonds is 29. The summed E-state index contributed by atoms with van der Waals surface area (Å²) in [4.78, 5) is 0. The van der Waals surface area contributed by atoms with Crippen molar-refractivity contribution in [2.75, 3.05) is 59.5 Å². The standard InChI is InChI=1S/C31H56O6/c1-2-3-4-5-6-7-8-9-10-11-12-13-14-15-21-37-31-18-16-30(17-19-31)29-36-28-27-35-26-25-34-24-23-33-22-20-32/h16-19,32H,2-15,20-29H2,1H3. The Morgan fingerprint density at radius 1 is 0.486 bits per heavy atom. The van der Waals surface area contributed by atoms with Crippen molar-refractivity contribution in [3.05, 3.63) is 29.8 Å². The summed E-state index contributed by atoms with van der Waals surface area (Å²) in [6.45, 7) is 7.22. The van der Waals surface area contributed by atoms with Gasteiger partial charge in [0.05, 0.1) is 66.1 Å². The maximum atomic E-state index is 8.60. The van der Waals surface area contributed by atoms with Crippen molar-refractivity contribution in [3.8, 4) is 5.75 Å². The van der Waals surface area contributed by atoms with E-state index in [0.29, 0.717) is 52.9 Å². The Balaban J connectivity index is 1.84. The average molecular weight is 525 g/mol. The normalized spacial score (nSPS) is 11.3. The van der Waals surface area contributed by atoms with E-state index in [-0.39, 0.29) is 6.61 Å². The predicted molar refractivity (Wildman–Crippen MR) is 151 cm³/mol. The largest absolute Gasteiger partial charge is 0.494 e. The topological polar surface area (TPSA) is 66.4 Å². The number of ether oxygens (including phenoxy) is 5. The lowest BCUT2D eigenvalue weighted by Gasteiger charge is -2.09. The third-order valence-corrected chi connectivity index (χ3v) is 6.31. The Morgan fingerprint density at radius 2 is 0.919 bits per heavy atom. The smallest absolute Gasteiger partial charge is 0.119 e. The average Bonchev–Trinajstić information content (AvgIpc) is 2.92. The number of unbranched alkanes of at least 4 members (excludes halogenated alkanes) is 13. The molecule has 0 aliphatic heterocycles. The van der Waals surface area contributed by atoms with Gasteiger partial charge >= 0.3 is 0 Å². The predicted octanol–water partition coefficient (Wildman–Crippen LogP) is 7.11. The van der Waals surface area contributed by atoms with E-state index < -0.39 is 0 Å². The Hall–Kier alpha value is -1.18. The van der Waals surface area contributed by atoms with Crippen LogP contribution in [0.2, 0.25) is 0 Å². The Morgan fingerprint density at radius 3 is 1.41 bits per heavy atom. The van der Waals surface area contributed by atoms with Crippen molar-refractivity contribution in [2.24, 2.45) is 0 Å². The summed E-state index contributed by atoms with van der Waals surface area (Å²) >= 11 is 0. The zero-order chi connectivity index (χ0) is 26.5. The molecule has 6 nitrogen and oxygen atoms in total. The number of hydrogen-bond donors (Lipinski definition) is 1. The van der Waals surface area contributed by atoms with Gasteiger partial charge in [0.2, 0.25) is 0 Å². The summed E-state index contributed by atoms with van der Waals surface area (Å²) in [6, 6.07) is 8.18. The molecule has 0 spiro atoms. The zero-order valence-corrected chi connectivity index (χ0v) is 23.8. The molecule has 0 atom stereocenters. The Labute approximate surface area is 227 Å². The molecule has 1 rings (SSSR count). The summed E-state index contributed by atoms with van der Waals surface area (Å²) in [5, 5.41) is 8.60. The molecule has 6 heteroatoms. The van der Waals surface area contributed by atoms with Crippen molar-refractivity contribution in [1.29, 1.82) is 0 Å². The molecule has 0 aliphatic carbocycles. The number of aliphatic hydroxyl groups excluding tert-OH is 1. The minimum atomic E-state index is 0.0423. The van der Waals surface area contributed by atoms with E-state index in [0.717, 1.165) is 24.3 Å². The second-order valence-corrected chi connectivity index (χ2v) is 9.70. The first-order valence-corrected chi connectivity index (χ1v) is 15.0. The maximum Gasteiger partial charge on any atom is 0.119 e. The monoisotopic (exact) mass is 524 g/mol. The number of benzene rings is 1. The van der Waals surface area contributed by atoms with E-state index in [9.17, 15) is 0 Å². The fraction of sp³-hybridized carbons (Fsp3) is 0.806. The van der Waals surface area contributed by atoms with Gasteiger partial charge in [0, 0.05) is 0 Å². The number of hydrogen-bond acceptors (Lipinski definition) is 6. The molecule has 37 heavy (non-hydrogen) atoms. The highest BCUT2D eigenvalue weighted by atomic mass is 16.6. The highest BCUT2D eigenvalue weighted by molar-refractivity contribution is 5.26. The molecule has 216 valence electrons. The van der Waals surface area contributed by atoms with Crippen molar-refractivity contribution in [3.63, 3.8) is 0 Å². The lowest BCUT2D eigenvalue weighted by molar-refractivity contribution is -0.00743. The van der Waals surface area contributed by atoms with Crippen molar-refractivity contribution in [2.45, 2.75) is 103 Å². The van der Waals surface area contributed by atoms with Crippen LogP contribution in [0.25, 0.3) is 0 Å². The van der Waals surface area contributed by atoms with E-state index in [2.05, 4.69) is 19.1 Å². The van der Waals surface area contributed by atoms with Crippen molar-refractivity contribution < 1.29 is 28.8 Å². The van der Waals surface area contributed by atoms with Crippen LogP contribution < -0.4 is 4.74 Å². The molecule has 0 aliphatic rings. The fourth-order valence-electron chi connectivity index (χ4n) is 4.08. The van der Waals surface area contributed by atoms with Gasteiger partial charge in [0.25, 0.3) is 0 Å². The van der Waals surface area contributed by atoms with Gasteiger partial charge < -0.3 is 28.8 Å². The van der Waals surface area contributed by atoms with Gasteiger partial charge in [-0.3, -0.25) is 0 Å². The second kappa shape index (κ2) is 27.8. The molecule has 1 aromatic carbocycles. The highest BCUT2D eigenvalue weighted by Gasteiger charge is 1.99. The van der Waals surface area contributed by atoms with Gasteiger partial charge in [0.15, 0.2) is 0 Å². The minimum Gasteiger partial charge on any atom is -0.494 e. The summed E-state index contributed by atoms with van der Waals surface area (Å²) in [6.07, 6.45) is 19.2. The van der Waals surface area contributed by atoms with Crippen molar-refractivity contribution >= 4 is 0 Å². The van der Waals surface area contributed by atoms with E-state index >= 15 is 0 Å². The van der Waals surface area contributed by atoms with Crippen LogP contribution in [0, 0.1) is 0 Å². The van der Waals surface area contributed by atoms with Crippen LogP contribution in [0.5, 0.6) is 5.75 Å². The van der Waals surface area contributed by atoms with E-state index in [4.69, 9.17) is 28.8 Å². The summed E-state index contributed by atoms with van der Waals surface area (Å²) in [5.41, 5.74) is 1.13. The maximum absolute atomic E-state index is 8.60. The molecule has 0 amide bonds. The minimum absolute atomic E-state index is 0.0423. The molecule has 0 heterocycles. The van der Waals surface area contributed by atoms with E-state index in [1.807, 2.05) is 12.1 Å². The third kappa shape index (κ3) is 23.7. The fourth-order valence-corrected chi connectivity index (χ4v) is 4.08. The molecular formula is C31H56O6. The molecule has 0 aromatic heterocycles. The SMILES string of the molecule is CCCCCCCCCCCCCCCCOc1ccc(COCCOCCOCCOCCO)cc1. The quantitative estimate of drug-likeness (QED) is 0.113. The molecule has 0 bridgehead atoms. The van der Waals surface area contributed by atoms with Crippen LogP contribution in [0.15, 0.2) is 24.3 Å². The first kappa shape index (κ1) is 33.8. The molecule has 1 aromatic rings. The van der Waals surface area contributed by atoms with Crippen LogP contribution >= 0.6 is 0 Å². The molecule has 0 fully saturated rings. The first-order valence-electron chi connectivity index (χ1n) is 15.0. The third-order valence-electron chi connectivity index (χ3n) is 6.31. The van der Waals surface area contributed by atoms with Crippen LogP contribution in [0.3, 0.4) is 0 Å². The van der Waals surface area contributed by atoms with Gasteiger partial charge in [0.1, 0.15) is 5.75 Å². The van der Waals surface area contributed by atoms with Crippen LogP contribution in [-0.4, -0.2) is 64.6 Å². The first-order chi connectivity index (χ1) is 18.4. The summed E-state index contributed by atoms with van der Waals surface area (Å²) in [5.74, 6) is 0.934. The van der Waals surface area contributed by atoms with Gasteiger partial charge in [-0.05, 0) is 24.1 Å². The van der Waals surface area contributed by atoms with Crippen LogP contribution in [0.1, 0.15) is 102 Å². The zero-order valence-electron chi connectivity index (χ0n) is 23.8. The van der Waals surface area contributed by atoms with Crippen LogP contribution in [-0.2, 0) is 25.6 Å². The molecule has 0 saturated heterocycles. The lowest BCUT2D eigenvalue weighted by atomic mass is 10.0. The van der Waals surface area contributed by atoms with Gasteiger partial charge in [-0.15, -0.1) is 0 Å². The number of aliphatic hydroxyl groups is 1. The van der Waals surface area contributed by atoms with E-state index in [1.165, 1.54) is 83.5 Å². The molecular weight excluding hydrogens is 468 g/mol.